The van der Waals surface area contributed by atoms with E-state index in [1.807, 2.05) is 0 Å². The summed E-state index contributed by atoms with van der Waals surface area (Å²) in [6, 6.07) is 0.269. The number of nitrogens with one attached hydrogen (secondary N) is 2. The lowest BCUT2D eigenvalue weighted by Crippen LogP contribution is -2.43. The van der Waals surface area contributed by atoms with Crippen LogP contribution >= 0.6 is 24.0 Å². The van der Waals surface area contributed by atoms with Gasteiger partial charge in [-0.3, -0.25) is 4.99 Å². The zero-order valence-electron chi connectivity index (χ0n) is 12.5. The molecule has 1 fully saturated rings. The van der Waals surface area contributed by atoms with Crippen molar-refractivity contribution in [2.45, 2.75) is 64.3 Å². The number of halogens is 3. The summed E-state index contributed by atoms with van der Waals surface area (Å²) in [6.45, 7) is 1.73. The van der Waals surface area contributed by atoms with Gasteiger partial charge in [0.25, 0.3) is 6.43 Å². The summed E-state index contributed by atoms with van der Waals surface area (Å²) in [5, 5.41) is 5.79. The third-order valence-corrected chi connectivity index (χ3v) is 3.76. The van der Waals surface area contributed by atoms with E-state index in [4.69, 9.17) is 0 Å². The van der Waals surface area contributed by atoms with Gasteiger partial charge in [0.2, 0.25) is 0 Å². The van der Waals surface area contributed by atoms with E-state index in [2.05, 4.69) is 22.5 Å². The van der Waals surface area contributed by atoms with Crippen molar-refractivity contribution in [3.8, 4) is 0 Å². The summed E-state index contributed by atoms with van der Waals surface area (Å²) >= 11 is 0. The molecule has 1 saturated carbocycles. The monoisotopic (exact) mass is 403 g/mol. The van der Waals surface area contributed by atoms with Crippen LogP contribution in [0.1, 0.15) is 51.9 Å². The van der Waals surface area contributed by atoms with Crippen LogP contribution in [0.3, 0.4) is 0 Å². The lowest BCUT2D eigenvalue weighted by atomic mass is 9.85. The van der Waals surface area contributed by atoms with Gasteiger partial charge in [-0.15, -0.1) is 24.0 Å². The van der Waals surface area contributed by atoms with Gasteiger partial charge >= 0.3 is 0 Å². The predicted molar refractivity (Wildman–Crippen MR) is 91.2 cm³/mol. The van der Waals surface area contributed by atoms with E-state index in [-0.39, 0.29) is 36.6 Å². The zero-order chi connectivity index (χ0) is 14.1. The zero-order valence-corrected chi connectivity index (χ0v) is 14.8. The largest absolute Gasteiger partial charge is 0.354 e. The number of rotatable bonds is 6. The van der Waals surface area contributed by atoms with Gasteiger partial charge in [-0.25, -0.2) is 8.78 Å². The highest BCUT2D eigenvalue weighted by Crippen LogP contribution is 2.27. The molecule has 0 spiro atoms. The molecule has 0 saturated heterocycles. The van der Waals surface area contributed by atoms with Gasteiger partial charge in [0.05, 0.1) is 6.54 Å². The lowest BCUT2D eigenvalue weighted by molar-refractivity contribution is 0.152. The Hall–Kier alpha value is -0.140. The number of nitrogens with zero attached hydrogens (tertiary/aromatic N) is 1. The molecule has 2 N–H and O–H groups in total. The topological polar surface area (TPSA) is 36.4 Å². The van der Waals surface area contributed by atoms with E-state index in [0.29, 0.717) is 5.96 Å². The van der Waals surface area contributed by atoms with Gasteiger partial charge in [0.15, 0.2) is 5.96 Å². The Labute approximate surface area is 138 Å². The molecule has 0 aromatic rings. The SMILES string of the molecule is CN=C(NCC(F)F)NC(C)CCC1CCCCC1.I. The van der Waals surface area contributed by atoms with Crippen molar-refractivity contribution in [3.05, 3.63) is 0 Å². The maximum absolute atomic E-state index is 12.1. The van der Waals surface area contributed by atoms with Gasteiger partial charge in [0, 0.05) is 13.1 Å². The molecular weight excluding hydrogens is 375 g/mol. The number of hydrogen-bond acceptors (Lipinski definition) is 1. The van der Waals surface area contributed by atoms with E-state index in [0.717, 1.165) is 12.3 Å². The summed E-state index contributed by atoms with van der Waals surface area (Å²) in [5.74, 6) is 1.32. The number of alkyl halides is 2. The van der Waals surface area contributed by atoms with Gasteiger partial charge in [-0.05, 0) is 25.7 Å². The molecule has 1 aliphatic rings. The molecule has 1 atom stereocenters. The molecule has 3 nitrogen and oxygen atoms in total. The second kappa shape index (κ2) is 11.5. The predicted octanol–water partition coefficient (Wildman–Crippen LogP) is 3.78. The highest BCUT2D eigenvalue weighted by Gasteiger charge is 2.15. The van der Waals surface area contributed by atoms with Gasteiger partial charge in [0.1, 0.15) is 0 Å². The Kier molecular flexibility index (Phi) is 11.4. The van der Waals surface area contributed by atoms with Crippen molar-refractivity contribution in [3.63, 3.8) is 0 Å². The Balaban J connectivity index is 0.00000361. The highest BCUT2D eigenvalue weighted by molar-refractivity contribution is 14.0. The summed E-state index contributed by atoms with van der Waals surface area (Å²) in [4.78, 5) is 3.96. The van der Waals surface area contributed by atoms with Gasteiger partial charge in [-0.2, -0.15) is 0 Å². The van der Waals surface area contributed by atoms with Crippen LogP contribution in [0.15, 0.2) is 4.99 Å². The summed E-state index contributed by atoms with van der Waals surface area (Å²) in [7, 11) is 1.61. The van der Waals surface area contributed by atoms with Crippen LogP contribution in [0.2, 0.25) is 0 Å². The third kappa shape index (κ3) is 8.92. The van der Waals surface area contributed by atoms with Crippen molar-refractivity contribution >= 4 is 29.9 Å². The Morgan fingerprint density at radius 2 is 1.90 bits per heavy atom. The molecule has 120 valence electrons. The average Bonchev–Trinajstić information content (AvgIpc) is 2.42. The number of hydrogen-bond donors (Lipinski definition) is 2. The number of aliphatic imine (C=N–C) groups is 1. The van der Waals surface area contributed by atoms with Crippen molar-refractivity contribution in [1.29, 1.82) is 0 Å². The minimum absolute atomic E-state index is 0. The lowest BCUT2D eigenvalue weighted by Gasteiger charge is -2.24. The van der Waals surface area contributed by atoms with E-state index < -0.39 is 6.43 Å². The van der Waals surface area contributed by atoms with E-state index >= 15 is 0 Å². The second-order valence-corrected chi connectivity index (χ2v) is 5.47. The smallest absolute Gasteiger partial charge is 0.255 e. The van der Waals surface area contributed by atoms with Gasteiger partial charge in [-0.1, -0.05) is 32.1 Å². The molecule has 0 aliphatic heterocycles. The molecular formula is C14H28F2IN3. The molecule has 0 radical (unpaired) electrons. The highest BCUT2D eigenvalue weighted by atomic mass is 127. The van der Waals surface area contributed by atoms with Crippen LogP contribution in [0.4, 0.5) is 8.78 Å². The molecule has 0 aromatic carbocycles. The Morgan fingerprint density at radius 1 is 1.25 bits per heavy atom. The molecule has 1 unspecified atom stereocenters. The first-order valence-corrected chi connectivity index (χ1v) is 7.37. The van der Waals surface area contributed by atoms with Gasteiger partial charge < -0.3 is 10.6 Å². The quantitative estimate of drug-likeness (QED) is 0.402. The van der Waals surface area contributed by atoms with Crippen LogP contribution < -0.4 is 10.6 Å². The fourth-order valence-electron chi connectivity index (χ4n) is 2.64. The first-order chi connectivity index (χ1) is 9.11. The molecule has 0 amide bonds. The standard InChI is InChI=1S/C14H27F2N3.HI/c1-11(8-9-12-6-4-3-5-7-12)19-14(17-2)18-10-13(15)16;/h11-13H,3-10H2,1-2H3,(H2,17,18,19);1H. The van der Waals surface area contributed by atoms with Crippen LogP contribution in [0.25, 0.3) is 0 Å². The average molecular weight is 403 g/mol. The minimum atomic E-state index is -2.35. The van der Waals surface area contributed by atoms with Crippen LogP contribution in [-0.2, 0) is 0 Å². The van der Waals surface area contributed by atoms with Crippen molar-refractivity contribution in [2.75, 3.05) is 13.6 Å². The van der Waals surface area contributed by atoms with E-state index in [1.54, 1.807) is 7.05 Å². The summed E-state index contributed by atoms with van der Waals surface area (Å²) < 4.78 is 24.2. The summed E-state index contributed by atoms with van der Waals surface area (Å²) in [5.41, 5.74) is 0. The molecule has 1 rings (SSSR count). The first-order valence-electron chi connectivity index (χ1n) is 7.37. The molecule has 6 heteroatoms. The van der Waals surface area contributed by atoms with Crippen molar-refractivity contribution < 1.29 is 8.78 Å². The third-order valence-electron chi connectivity index (χ3n) is 3.76. The molecule has 0 aromatic heterocycles. The van der Waals surface area contributed by atoms with Crippen LogP contribution in [0, 0.1) is 5.92 Å². The normalized spacial score (nSPS) is 18.6. The fraction of sp³-hybridized carbons (Fsp3) is 0.929. The molecule has 0 bridgehead atoms. The fourth-order valence-corrected chi connectivity index (χ4v) is 2.64. The first kappa shape index (κ1) is 19.9. The van der Waals surface area contributed by atoms with Crippen molar-refractivity contribution in [1.82, 2.24) is 10.6 Å². The molecule has 20 heavy (non-hydrogen) atoms. The minimum Gasteiger partial charge on any atom is -0.354 e. The molecule has 0 heterocycles. The van der Waals surface area contributed by atoms with E-state index in [9.17, 15) is 8.78 Å². The van der Waals surface area contributed by atoms with Crippen molar-refractivity contribution in [2.24, 2.45) is 10.9 Å². The van der Waals surface area contributed by atoms with Crippen LogP contribution in [0.5, 0.6) is 0 Å². The maximum atomic E-state index is 12.1. The maximum Gasteiger partial charge on any atom is 0.255 e. The number of guanidine groups is 1. The van der Waals surface area contributed by atoms with Crippen LogP contribution in [-0.4, -0.2) is 32.0 Å². The Morgan fingerprint density at radius 3 is 2.45 bits per heavy atom. The van der Waals surface area contributed by atoms with E-state index in [1.165, 1.54) is 38.5 Å². The molecule has 1 aliphatic carbocycles. The Bertz CT molecular complexity index is 269. The summed E-state index contributed by atoms with van der Waals surface area (Å²) in [6.07, 6.45) is 6.76. The second-order valence-electron chi connectivity index (χ2n) is 5.47.